The van der Waals surface area contributed by atoms with Gasteiger partial charge in [0.25, 0.3) is 5.56 Å². The number of esters is 1. The molecule has 3 aliphatic rings. The summed E-state index contributed by atoms with van der Waals surface area (Å²) in [5, 5.41) is 0. The van der Waals surface area contributed by atoms with Crippen LogP contribution in [-0.2, 0) is 9.53 Å². The summed E-state index contributed by atoms with van der Waals surface area (Å²) >= 11 is 1.26. The Labute approximate surface area is 209 Å². The molecule has 0 radical (unpaired) electrons. The van der Waals surface area contributed by atoms with Crippen LogP contribution in [0.3, 0.4) is 0 Å². The highest BCUT2D eigenvalue weighted by Gasteiger charge is 2.34. The summed E-state index contributed by atoms with van der Waals surface area (Å²) in [6.07, 6.45) is 1.79. The van der Waals surface area contributed by atoms with Crippen molar-refractivity contribution in [1.29, 1.82) is 0 Å². The molecule has 0 amide bonds. The number of carbonyl (C=O) groups excluding carboxylic acids is 1. The van der Waals surface area contributed by atoms with Crippen LogP contribution in [0.25, 0.3) is 6.08 Å². The Morgan fingerprint density at radius 1 is 1.08 bits per heavy atom. The van der Waals surface area contributed by atoms with E-state index in [1.165, 1.54) is 11.3 Å². The van der Waals surface area contributed by atoms with Crippen molar-refractivity contribution >= 4 is 23.4 Å². The lowest BCUT2D eigenvalue weighted by atomic mass is 9.95. The van der Waals surface area contributed by atoms with Gasteiger partial charge in [0.1, 0.15) is 13.2 Å². The van der Waals surface area contributed by atoms with Crippen LogP contribution in [0.4, 0.5) is 0 Å². The maximum atomic E-state index is 13.8. The molecular formula is C26H22N2O7S. The van der Waals surface area contributed by atoms with Gasteiger partial charge in [-0.1, -0.05) is 23.5 Å². The van der Waals surface area contributed by atoms with E-state index in [-0.39, 0.29) is 19.0 Å². The molecule has 2 aromatic carbocycles. The maximum Gasteiger partial charge on any atom is 0.338 e. The monoisotopic (exact) mass is 506 g/mol. The van der Waals surface area contributed by atoms with Crippen molar-refractivity contribution in [2.75, 3.05) is 26.6 Å². The summed E-state index contributed by atoms with van der Waals surface area (Å²) in [4.78, 5) is 31.9. The first kappa shape index (κ1) is 22.4. The first-order valence-electron chi connectivity index (χ1n) is 11.5. The lowest BCUT2D eigenvalue weighted by molar-refractivity contribution is -0.139. The number of allylic oxidation sites excluding steroid dienone is 1. The molecule has 0 aliphatic carbocycles. The smallest absolute Gasteiger partial charge is 0.338 e. The normalized spacial score (nSPS) is 18.1. The van der Waals surface area contributed by atoms with Crippen molar-refractivity contribution in [2.24, 2.45) is 4.99 Å². The van der Waals surface area contributed by atoms with Crippen molar-refractivity contribution in [3.8, 4) is 23.0 Å². The Bertz CT molecular complexity index is 1600. The van der Waals surface area contributed by atoms with Crippen molar-refractivity contribution in [1.82, 2.24) is 4.57 Å². The summed E-state index contributed by atoms with van der Waals surface area (Å²) in [5.41, 5.74) is 2.05. The Hall–Kier alpha value is -4.05. The molecule has 0 fully saturated rings. The van der Waals surface area contributed by atoms with Gasteiger partial charge in [-0.25, -0.2) is 9.79 Å². The highest BCUT2D eigenvalue weighted by atomic mass is 32.1. The molecule has 0 spiro atoms. The lowest BCUT2D eigenvalue weighted by Gasteiger charge is -2.24. The van der Waals surface area contributed by atoms with Crippen LogP contribution in [0.2, 0.25) is 0 Å². The summed E-state index contributed by atoms with van der Waals surface area (Å²) in [6, 6.07) is 10.2. The fourth-order valence-electron chi connectivity index (χ4n) is 4.49. The summed E-state index contributed by atoms with van der Waals surface area (Å²) in [5.74, 6) is 1.98. The number of hydrogen-bond acceptors (Lipinski definition) is 9. The van der Waals surface area contributed by atoms with Crippen LogP contribution in [-0.4, -0.2) is 37.1 Å². The van der Waals surface area contributed by atoms with Gasteiger partial charge < -0.3 is 23.7 Å². The van der Waals surface area contributed by atoms with Gasteiger partial charge in [0.05, 0.1) is 28.5 Å². The average Bonchev–Trinajstić information content (AvgIpc) is 3.47. The number of benzene rings is 2. The second-order valence-electron chi connectivity index (χ2n) is 8.32. The zero-order valence-corrected chi connectivity index (χ0v) is 20.4. The van der Waals surface area contributed by atoms with Crippen LogP contribution in [0, 0.1) is 0 Å². The third-order valence-corrected chi connectivity index (χ3v) is 7.08. The van der Waals surface area contributed by atoms with Crippen LogP contribution in [0.1, 0.15) is 31.0 Å². The van der Waals surface area contributed by atoms with E-state index in [2.05, 4.69) is 4.99 Å². The molecule has 10 heteroatoms. The zero-order chi connectivity index (χ0) is 24.8. The molecule has 3 aromatic rings. The van der Waals surface area contributed by atoms with Crippen LogP contribution < -0.4 is 33.8 Å². The molecule has 9 nitrogen and oxygen atoms in total. The van der Waals surface area contributed by atoms with Gasteiger partial charge in [-0.3, -0.25) is 9.36 Å². The largest absolute Gasteiger partial charge is 0.486 e. The van der Waals surface area contributed by atoms with E-state index in [0.717, 1.165) is 5.56 Å². The maximum absolute atomic E-state index is 13.8. The number of thiazole rings is 1. The standard InChI is InChI=1S/C26H22N2O7S/c1-3-31-25(30)22-14(2)27-26-28(23(22)16-5-7-18-20(12-16)35-13-34-18)24(29)21(36-26)11-15-4-6-17-19(10-15)33-9-8-32-17/h4-7,10-12,23H,3,8-9,13H2,1-2H3/b21-11-. The molecule has 3 aliphatic heterocycles. The molecule has 4 heterocycles. The van der Waals surface area contributed by atoms with Gasteiger partial charge in [-0.15, -0.1) is 0 Å². The van der Waals surface area contributed by atoms with Gasteiger partial charge in [0.2, 0.25) is 6.79 Å². The predicted molar refractivity (Wildman–Crippen MR) is 130 cm³/mol. The second kappa shape index (κ2) is 8.87. The Kier molecular flexibility index (Phi) is 5.52. The molecule has 0 saturated heterocycles. The van der Waals surface area contributed by atoms with E-state index in [9.17, 15) is 9.59 Å². The predicted octanol–water partition coefficient (Wildman–Crippen LogP) is 2.30. The van der Waals surface area contributed by atoms with Crippen molar-refractivity contribution in [3.63, 3.8) is 0 Å². The summed E-state index contributed by atoms with van der Waals surface area (Å²) < 4.78 is 29.6. The quantitative estimate of drug-likeness (QED) is 0.501. The van der Waals surface area contributed by atoms with E-state index in [0.29, 0.717) is 62.4 Å². The SMILES string of the molecule is CCOC(=O)C1=C(C)N=c2s/c(=C\c3ccc4c(c3)OCCO4)c(=O)n2C1c1ccc2c(c1)OCO2. The molecule has 0 saturated carbocycles. The fraction of sp³-hybridized carbons (Fsp3) is 0.269. The van der Waals surface area contributed by atoms with Crippen LogP contribution in [0.15, 0.2) is 57.5 Å². The van der Waals surface area contributed by atoms with Crippen molar-refractivity contribution in [2.45, 2.75) is 19.9 Å². The molecule has 0 bridgehead atoms. The number of ether oxygens (including phenoxy) is 5. The second-order valence-corrected chi connectivity index (χ2v) is 9.33. The average molecular weight is 507 g/mol. The molecule has 0 N–H and O–H groups in total. The highest BCUT2D eigenvalue weighted by molar-refractivity contribution is 7.07. The minimum absolute atomic E-state index is 0.122. The van der Waals surface area contributed by atoms with E-state index in [4.69, 9.17) is 23.7 Å². The van der Waals surface area contributed by atoms with Crippen LogP contribution in [0.5, 0.6) is 23.0 Å². The molecule has 1 atom stereocenters. The number of fused-ring (bicyclic) bond motifs is 3. The van der Waals surface area contributed by atoms with Crippen molar-refractivity contribution in [3.05, 3.63) is 78.5 Å². The first-order valence-corrected chi connectivity index (χ1v) is 12.3. The molecule has 184 valence electrons. The number of aromatic nitrogens is 1. The topological polar surface area (TPSA) is 97.6 Å². The molecule has 36 heavy (non-hydrogen) atoms. The molecule has 1 aromatic heterocycles. The minimum Gasteiger partial charge on any atom is -0.486 e. The van der Waals surface area contributed by atoms with Gasteiger partial charge in [0, 0.05) is 0 Å². The highest BCUT2D eigenvalue weighted by Crippen LogP contribution is 2.38. The van der Waals surface area contributed by atoms with Gasteiger partial charge in [-0.05, 0) is 55.3 Å². The fourth-order valence-corrected chi connectivity index (χ4v) is 5.54. The zero-order valence-electron chi connectivity index (χ0n) is 19.6. The van der Waals surface area contributed by atoms with E-state index in [1.807, 2.05) is 24.3 Å². The third-order valence-electron chi connectivity index (χ3n) is 6.09. The Morgan fingerprint density at radius 2 is 1.81 bits per heavy atom. The molecule has 1 unspecified atom stereocenters. The number of carbonyl (C=O) groups is 1. The Balaban J connectivity index is 1.51. The number of hydrogen-bond donors (Lipinski definition) is 0. The van der Waals surface area contributed by atoms with E-state index in [1.54, 1.807) is 36.6 Å². The van der Waals surface area contributed by atoms with Gasteiger partial charge in [0.15, 0.2) is 27.8 Å². The Morgan fingerprint density at radius 3 is 2.64 bits per heavy atom. The minimum atomic E-state index is -0.725. The summed E-state index contributed by atoms with van der Waals surface area (Å²) in [6.45, 7) is 4.81. The van der Waals surface area contributed by atoms with Gasteiger partial charge in [-0.2, -0.15) is 0 Å². The number of rotatable bonds is 4. The van der Waals surface area contributed by atoms with E-state index >= 15 is 0 Å². The van der Waals surface area contributed by atoms with Crippen molar-refractivity contribution < 1.29 is 28.5 Å². The molecule has 6 rings (SSSR count). The van der Waals surface area contributed by atoms with Gasteiger partial charge >= 0.3 is 5.97 Å². The third kappa shape index (κ3) is 3.74. The van der Waals surface area contributed by atoms with Crippen LogP contribution >= 0.6 is 11.3 Å². The lowest BCUT2D eigenvalue weighted by Crippen LogP contribution is -2.39. The summed E-state index contributed by atoms with van der Waals surface area (Å²) in [7, 11) is 0. The van der Waals surface area contributed by atoms with E-state index < -0.39 is 12.0 Å². The number of nitrogens with zero attached hydrogens (tertiary/aromatic N) is 2. The first-order chi connectivity index (χ1) is 17.5. The molecular weight excluding hydrogens is 484 g/mol.